The Hall–Kier alpha value is -2.09. The van der Waals surface area contributed by atoms with E-state index < -0.39 is 0 Å². The van der Waals surface area contributed by atoms with Crippen LogP contribution in [0.1, 0.15) is 49.4 Å². The van der Waals surface area contributed by atoms with Crippen LogP contribution in [0.5, 0.6) is 0 Å². The molecular weight excluding hydrogens is 294 g/mol. The Balaban J connectivity index is 1.98. The van der Waals surface area contributed by atoms with E-state index >= 15 is 0 Å². The molecule has 1 heterocycles. The third kappa shape index (κ3) is 3.38. The maximum Gasteiger partial charge on any atom is 0.132 e. The Morgan fingerprint density at radius 2 is 1.88 bits per heavy atom. The van der Waals surface area contributed by atoms with Gasteiger partial charge in [0, 0.05) is 25.1 Å². The van der Waals surface area contributed by atoms with E-state index in [0.717, 1.165) is 13.0 Å². The van der Waals surface area contributed by atoms with Crippen molar-refractivity contribution in [3.8, 4) is 0 Å². The summed E-state index contributed by atoms with van der Waals surface area (Å²) in [6.45, 7) is 7.31. The van der Waals surface area contributed by atoms with Crippen LogP contribution in [0, 0.1) is 12.8 Å². The van der Waals surface area contributed by atoms with Crippen LogP contribution in [0.15, 0.2) is 48.5 Å². The van der Waals surface area contributed by atoms with Crippen molar-refractivity contribution in [3.63, 3.8) is 0 Å². The van der Waals surface area contributed by atoms with Crippen LogP contribution in [0.4, 0.5) is 5.69 Å². The van der Waals surface area contributed by atoms with Crippen LogP contribution in [-0.4, -0.2) is 12.3 Å². The molecule has 1 aliphatic heterocycles. The van der Waals surface area contributed by atoms with Gasteiger partial charge in [0.15, 0.2) is 0 Å². The Morgan fingerprint density at radius 1 is 1.17 bits per heavy atom. The molecule has 0 bridgehead atoms. The first-order valence-corrected chi connectivity index (χ1v) is 9.03. The van der Waals surface area contributed by atoms with Gasteiger partial charge in [0.2, 0.25) is 0 Å². The van der Waals surface area contributed by atoms with E-state index in [-0.39, 0.29) is 6.04 Å². The third-order valence-electron chi connectivity index (χ3n) is 5.18. The number of Topliss-reactive ketones (excluding diaryl/α,β-unsaturated/α-hetero) is 1. The zero-order chi connectivity index (χ0) is 17.1. The summed E-state index contributed by atoms with van der Waals surface area (Å²) >= 11 is 0. The van der Waals surface area contributed by atoms with E-state index in [1.54, 1.807) is 0 Å². The highest BCUT2D eigenvalue weighted by molar-refractivity contribution is 5.78. The van der Waals surface area contributed by atoms with Crippen molar-refractivity contribution in [1.82, 2.24) is 0 Å². The number of benzene rings is 2. The summed E-state index contributed by atoms with van der Waals surface area (Å²) in [5, 5.41) is 0. The summed E-state index contributed by atoms with van der Waals surface area (Å²) < 4.78 is 0. The fourth-order valence-electron chi connectivity index (χ4n) is 3.85. The first-order chi connectivity index (χ1) is 11.6. The summed E-state index contributed by atoms with van der Waals surface area (Å²) in [5.41, 5.74) is 5.36. The zero-order valence-corrected chi connectivity index (χ0v) is 15.0. The molecule has 0 radical (unpaired) electrons. The van der Waals surface area contributed by atoms with Gasteiger partial charge in [-0.1, -0.05) is 55.8 Å². The van der Waals surface area contributed by atoms with Gasteiger partial charge in [0.1, 0.15) is 5.78 Å². The van der Waals surface area contributed by atoms with Crippen LogP contribution in [-0.2, 0) is 11.2 Å². The van der Waals surface area contributed by atoms with Crippen molar-refractivity contribution in [2.24, 2.45) is 5.92 Å². The predicted octanol–water partition coefficient (Wildman–Crippen LogP) is 5.10. The lowest BCUT2D eigenvalue weighted by Crippen LogP contribution is -2.39. The standard InChI is InChI=1S/C22H27NO/c1-4-20(24)15-17(3)22-21-8-6-5-7-18(21)13-14-23(22)19-11-9-16(2)10-12-19/h5-12,17,22H,4,13-15H2,1-3H3. The molecule has 2 nitrogen and oxygen atoms in total. The average Bonchev–Trinajstić information content (AvgIpc) is 2.61. The maximum absolute atomic E-state index is 12.0. The van der Waals surface area contributed by atoms with Gasteiger partial charge in [0.05, 0.1) is 6.04 Å². The molecule has 2 aromatic carbocycles. The Morgan fingerprint density at radius 3 is 2.58 bits per heavy atom. The van der Waals surface area contributed by atoms with E-state index in [0.29, 0.717) is 24.5 Å². The first kappa shape index (κ1) is 16.8. The van der Waals surface area contributed by atoms with E-state index in [4.69, 9.17) is 0 Å². The quantitative estimate of drug-likeness (QED) is 0.763. The molecule has 0 aliphatic carbocycles. The summed E-state index contributed by atoms with van der Waals surface area (Å²) in [6.07, 6.45) is 2.34. The Labute approximate surface area is 145 Å². The van der Waals surface area contributed by atoms with Crippen LogP contribution in [0.25, 0.3) is 0 Å². The largest absolute Gasteiger partial charge is 0.364 e. The number of hydrogen-bond acceptors (Lipinski definition) is 2. The molecule has 3 rings (SSSR count). The second-order valence-electron chi connectivity index (χ2n) is 7.00. The normalized spacial score (nSPS) is 18.1. The van der Waals surface area contributed by atoms with Gasteiger partial charge in [0.25, 0.3) is 0 Å². The highest BCUT2D eigenvalue weighted by Crippen LogP contribution is 2.39. The van der Waals surface area contributed by atoms with E-state index in [2.05, 4.69) is 67.3 Å². The molecule has 126 valence electrons. The van der Waals surface area contributed by atoms with Gasteiger partial charge in [-0.15, -0.1) is 0 Å². The topological polar surface area (TPSA) is 20.3 Å². The predicted molar refractivity (Wildman–Crippen MR) is 100 cm³/mol. The monoisotopic (exact) mass is 321 g/mol. The second-order valence-corrected chi connectivity index (χ2v) is 7.00. The lowest BCUT2D eigenvalue weighted by atomic mass is 9.82. The molecule has 0 fully saturated rings. The lowest BCUT2D eigenvalue weighted by molar-refractivity contribution is -0.119. The minimum atomic E-state index is 0.271. The Kier molecular flexibility index (Phi) is 5.03. The van der Waals surface area contributed by atoms with Crippen molar-refractivity contribution >= 4 is 11.5 Å². The minimum Gasteiger partial charge on any atom is -0.364 e. The van der Waals surface area contributed by atoms with Gasteiger partial charge in [-0.2, -0.15) is 0 Å². The lowest BCUT2D eigenvalue weighted by Gasteiger charge is -2.42. The zero-order valence-electron chi connectivity index (χ0n) is 15.0. The number of hydrogen-bond donors (Lipinski definition) is 0. The SMILES string of the molecule is CCC(=O)CC(C)C1c2ccccc2CCN1c1ccc(C)cc1. The molecule has 0 amide bonds. The molecule has 2 atom stereocenters. The fraction of sp³-hybridized carbons (Fsp3) is 0.409. The maximum atomic E-state index is 12.0. The number of carbonyl (C=O) groups is 1. The molecule has 0 spiro atoms. The molecule has 1 aliphatic rings. The van der Waals surface area contributed by atoms with E-state index in [9.17, 15) is 4.79 Å². The van der Waals surface area contributed by atoms with Crippen molar-refractivity contribution in [2.75, 3.05) is 11.4 Å². The minimum absolute atomic E-state index is 0.271. The smallest absolute Gasteiger partial charge is 0.132 e. The summed E-state index contributed by atoms with van der Waals surface area (Å²) in [7, 11) is 0. The van der Waals surface area contributed by atoms with Crippen LogP contribution < -0.4 is 4.90 Å². The van der Waals surface area contributed by atoms with Gasteiger partial charge in [-0.3, -0.25) is 4.79 Å². The second kappa shape index (κ2) is 7.21. The Bertz CT molecular complexity index is 704. The molecule has 0 saturated heterocycles. The van der Waals surface area contributed by atoms with Gasteiger partial charge >= 0.3 is 0 Å². The van der Waals surface area contributed by atoms with Gasteiger partial charge < -0.3 is 4.90 Å². The highest BCUT2D eigenvalue weighted by atomic mass is 16.1. The van der Waals surface area contributed by atoms with E-state index in [1.807, 2.05) is 6.92 Å². The molecule has 2 heteroatoms. The number of rotatable bonds is 5. The molecular formula is C22H27NO. The number of nitrogens with zero attached hydrogens (tertiary/aromatic N) is 1. The molecule has 0 N–H and O–H groups in total. The van der Waals surface area contributed by atoms with E-state index in [1.165, 1.54) is 22.4 Å². The fourth-order valence-corrected chi connectivity index (χ4v) is 3.85. The first-order valence-electron chi connectivity index (χ1n) is 9.03. The molecule has 2 aromatic rings. The molecule has 0 aromatic heterocycles. The molecule has 2 unspecified atom stereocenters. The van der Waals surface area contributed by atoms with Crippen molar-refractivity contribution in [2.45, 2.75) is 46.1 Å². The average molecular weight is 321 g/mol. The number of ketones is 1. The number of anilines is 1. The van der Waals surface area contributed by atoms with Gasteiger partial charge in [-0.05, 0) is 42.5 Å². The number of carbonyl (C=O) groups excluding carboxylic acids is 1. The summed E-state index contributed by atoms with van der Waals surface area (Å²) in [5.74, 6) is 0.662. The number of aryl methyl sites for hydroxylation is 1. The van der Waals surface area contributed by atoms with Gasteiger partial charge in [-0.25, -0.2) is 0 Å². The molecule has 0 saturated carbocycles. The van der Waals surface area contributed by atoms with Crippen LogP contribution in [0.3, 0.4) is 0 Å². The molecule has 24 heavy (non-hydrogen) atoms. The summed E-state index contributed by atoms with van der Waals surface area (Å²) in [4.78, 5) is 14.5. The highest BCUT2D eigenvalue weighted by Gasteiger charge is 2.32. The van der Waals surface area contributed by atoms with Crippen molar-refractivity contribution < 1.29 is 4.79 Å². The number of fused-ring (bicyclic) bond motifs is 1. The third-order valence-corrected chi connectivity index (χ3v) is 5.18. The van der Waals surface area contributed by atoms with Crippen molar-refractivity contribution in [3.05, 3.63) is 65.2 Å². The van der Waals surface area contributed by atoms with Crippen LogP contribution in [0.2, 0.25) is 0 Å². The van der Waals surface area contributed by atoms with Crippen molar-refractivity contribution in [1.29, 1.82) is 0 Å². The summed E-state index contributed by atoms with van der Waals surface area (Å²) in [6, 6.07) is 17.8. The van der Waals surface area contributed by atoms with Crippen LogP contribution >= 0.6 is 0 Å².